The first kappa shape index (κ1) is 13.7. The zero-order valence-electron chi connectivity index (χ0n) is 9.81. The van der Waals surface area contributed by atoms with E-state index in [1.807, 2.05) is 18.7 Å². The molecule has 0 spiro atoms. The number of halogens is 1. The molecule has 0 saturated heterocycles. The van der Waals surface area contributed by atoms with Gasteiger partial charge in [-0.1, -0.05) is 15.9 Å². The summed E-state index contributed by atoms with van der Waals surface area (Å²) in [7, 11) is 1.75. The molecule has 0 aromatic carbocycles. The zero-order valence-corrected chi connectivity index (χ0v) is 11.4. The van der Waals surface area contributed by atoms with Gasteiger partial charge in [0.2, 0.25) is 0 Å². The number of alkyl halides is 1. The Kier molecular flexibility index (Phi) is 7.46. The maximum Gasteiger partial charge on any atom is 0.0945 e. The minimum absolute atomic E-state index is 0.804. The molecule has 0 radical (unpaired) electrons. The van der Waals surface area contributed by atoms with Crippen LogP contribution in [0.3, 0.4) is 0 Å². The third kappa shape index (κ3) is 5.63. The van der Waals surface area contributed by atoms with Crippen molar-refractivity contribution in [3.05, 3.63) is 18.7 Å². The van der Waals surface area contributed by atoms with E-state index in [4.69, 9.17) is 4.74 Å². The Morgan fingerprint density at radius 3 is 2.88 bits per heavy atom. The van der Waals surface area contributed by atoms with Gasteiger partial charge in [0.05, 0.1) is 12.9 Å². The van der Waals surface area contributed by atoms with Gasteiger partial charge in [-0.3, -0.25) is 0 Å². The van der Waals surface area contributed by atoms with Gasteiger partial charge in [-0.15, -0.1) is 0 Å². The van der Waals surface area contributed by atoms with Crippen LogP contribution in [0, 0.1) is 0 Å². The molecule has 1 rings (SSSR count). The molecule has 0 N–H and O–H groups in total. The van der Waals surface area contributed by atoms with Crippen LogP contribution in [0.5, 0.6) is 0 Å². The van der Waals surface area contributed by atoms with Crippen molar-refractivity contribution >= 4 is 15.9 Å². The van der Waals surface area contributed by atoms with E-state index in [-0.39, 0.29) is 0 Å². The molecule has 16 heavy (non-hydrogen) atoms. The Bertz CT molecular complexity index is 254. The summed E-state index contributed by atoms with van der Waals surface area (Å²) in [6.45, 7) is 5.02. The van der Waals surface area contributed by atoms with Gasteiger partial charge >= 0.3 is 0 Å². The highest BCUT2D eigenvalue weighted by atomic mass is 79.9. The number of ether oxygens (including phenoxy) is 1. The summed E-state index contributed by atoms with van der Waals surface area (Å²) in [5.74, 6) is 0. The van der Waals surface area contributed by atoms with Crippen LogP contribution in [0.25, 0.3) is 0 Å². The van der Waals surface area contributed by atoms with Crippen LogP contribution in [0.4, 0.5) is 0 Å². The number of aromatic nitrogens is 2. The molecule has 0 aliphatic heterocycles. The molecular weight excluding hydrogens is 270 g/mol. The van der Waals surface area contributed by atoms with E-state index in [1.54, 1.807) is 7.11 Å². The minimum atomic E-state index is 0.804. The molecule has 5 heteroatoms. The SMILES string of the molecule is COCCN(CCBr)CCCn1ccnc1. The van der Waals surface area contributed by atoms with Crippen LogP contribution in [-0.2, 0) is 11.3 Å². The number of nitrogens with zero attached hydrogens (tertiary/aromatic N) is 3. The summed E-state index contributed by atoms with van der Waals surface area (Å²) in [5.41, 5.74) is 0. The average molecular weight is 290 g/mol. The van der Waals surface area contributed by atoms with Crippen molar-refractivity contribution in [3.8, 4) is 0 Å². The average Bonchev–Trinajstić information content (AvgIpc) is 2.79. The van der Waals surface area contributed by atoms with Crippen LogP contribution >= 0.6 is 15.9 Å². The molecule has 1 aromatic rings. The topological polar surface area (TPSA) is 30.3 Å². The first-order valence-corrected chi connectivity index (χ1v) is 6.72. The fourth-order valence-corrected chi connectivity index (χ4v) is 2.07. The maximum absolute atomic E-state index is 5.10. The van der Waals surface area contributed by atoms with E-state index in [9.17, 15) is 0 Å². The molecule has 0 unspecified atom stereocenters. The number of methoxy groups -OCH3 is 1. The van der Waals surface area contributed by atoms with E-state index in [1.165, 1.54) is 0 Å². The highest BCUT2D eigenvalue weighted by molar-refractivity contribution is 9.09. The van der Waals surface area contributed by atoms with Gasteiger partial charge in [-0.25, -0.2) is 4.98 Å². The van der Waals surface area contributed by atoms with Crippen molar-refractivity contribution in [2.75, 3.05) is 38.7 Å². The third-order valence-corrected chi connectivity index (χ3v) is 2.82. The lowest BCUT2D eigenvalue weighted by Crippen LogP contribution is -2.30. The standard InChI is InChI=1S/C11H20BrN3O/c1-16-10-9-14(7-3-12)5-2-6-15-8-4-13-11-15/h4,8,11H,2-3,5-7,9-10H2,1H3. The minimum Gasteiger partial charge on any atom is -0.383 e. The fourth-order valence-electron chi connectivity index (χ4n) is 1.57. The summed E-state index contributed by atoms with van der Waals surface area (Å²) in [5, 5.41) is 1.02. The highest BCUT2D eigenvalue weighted by Crippen LogP contribution is 1.97. The van der Waals surface area contributed by atoms with E-state index in [0.717, 1.165) is 44.5 Å². The van der Waals surface area contributed by atoms with Crippen molar-refractivity contribution in [3.63, 3.8) is 0 Å². The lowest BCUT2D eigenvalue weighted by Gasteiger charge is -2.20. The van der Waals surface area contributed by atoms with Crippen molar-refractivity contribution in [2.24, 2.45) is 0 Å². The Hall–Kier alpha value is -0.390. The first-order valence-electron chi connectivity index (χ1n) is 5.60. The number of rotatable bonds is 9. The summed E-state index contributed by atoms with van der Waals surface area (Å²) in [6, 6.07) is 0. The lowest BCUT2D eigenvalue weighted by molar-refractivity contribution is 0.150. The predicted molar refractivity (Wildman–Crippen MR) is 69.0 cm³/mol. The molecular formula is C11H20BrN3O. The Labute approximate surface area is 106 Å². The van der Waals surface area contributed by atoms with Crippen LogP contribution in [0.1, 0.15) is 6.42 Å². The number of hydrogen-bond acceptors (Lipinski definition) is 3. The predicted octanol–water partition coefficient (Wildman–Crippen LogP) is 1.62. The van der Waals surface area contributed by atoms with Gasteiger partial charge in [0.25, 0.3) is 0 Å². The molecule has 0 fully saturated rings. The quantitative estimate of drug-likeness (QED) is 0.647. The molecule has 1 aromatic heterocycles. The second-order valence-electron chi connectivity index (χ2n) is 3.68. The zero-order chi connectivity index (χ0) is 11.6. The summed E-state index contributed by atoms with van der Waals surface area (Å²) >= 11 is 3.47. The molecule has 0 bridgehead atoms. The maximum atomic E-state index is 5.10. The second kappa shape index (κ2) is 8.73. The Morgan fingerprint density at radius 2 is 2.25 bits per heavy atom. The van der Waals surface area contributed by atoms with Crippen LogP contribution in [0.15, 0.2) is 18.7 Å². The van der Waals surface area contributed by atoms with Gasteiger partial charge in [0.1, 0.15) is 0 Å². The smallest absolute Gasteiger partial charge is 0.0945 e. The number of hydrogen-bond donors (Lipinski definition) is 0. The first-order chi connectivity index (χ1) is 7.86. The Morgan fingerprint density at radius 1 is 1.38 bits per heavy atom. The molecule has 0 amide bonds. The summed E-state index contributed by atoms with van der Waals surface area (Å²) in [4.78, 5) is 6.44. The van der Waals surface area contributed by atoms with E-state index in [0.29, 0.717) is 0 Å². The van der Waals surface area contributed by atoms with E-state index in [2.05, 4.69) is 30.4 Å². The van der Waals surface area contributed by atoms with Gasteiger partial charge in [-0.2, -0.15) is 0 Å². The summed E-state index contributed by atoms with van der Waals surface area (Å²) in [6.07, 6.45) is 6.84. The molecule has 92 valence electrons. The van der Waals surface area contributed by atoms with Gasteiger partial charge in [-0.05, 0) is 13.0 Å². The van der Waals surface area contributed by atoms with Crippen LogP contribution in [-0.4, -0.2) is 53.1 Å². The Balaban J connectivity index is 2.15. The van der Waals surface area contributed by atoms with Gasteiger partial charge in [0, 0.05) is 44.5 Å². The monoisotopic (exact) mass is 289 g/mol. The van der Waals surface area contributed by atoms with E-state index < -0.39 is 0 Å². The summed E-state index contributed by atoms with van der Waals surface area (Å²) < 4.78 is 7.21. The lowest BCUT2D eigenvalue weighted by atomic mass is 10.3. The van der Waals surface area contributed by atoms with Gasteiger partial charge < -0.3 is 14.2 Å². The molecule has 0 saturated carbocycles. The third-order valence-electron chi connectivity index (χ3n) is 2.46. The van der Waals surface area contributed by atoms with Crippen molar-refractivity contribution in [1.82, 2.24) is 14.5 Å². The van der Waals surface area contributed by atoms with Crippen molar-refractivity contribution in [2.45, 2.75) is 13.0 Å². The van der Waals surface area contributed by atoms with Crippen LogP contribution in [0.2, 0.25) is 0 Å². The fraction of sp³-hybridized carbons (Fsp3) is 0.727. The number of aryl methyl sites for hydroxylation is 1. The molecule has 4 nitrogen and oxygen atoms in total. The molecule has 0 atom stereocenters. The van der Waals surface area contributed by atoms with Crippen molar-refractivity contribution in [1.29, 1.82) is 0 Å². The van der Waals surface area contributed by atoms with Gasteiger partial charge in [0.15, 0.2) is 0 Å². The second-order valence-corrected chi connectivity index (χ2v) is 4.47. The highest BCUT2D eigenvalue weighted by Gasteiger charge is 2.03. The normalized spacial score (nSPS) is 11.2. The van der Waals surface area contributed by atoms with E-state index >= 15 is 0 Å². The largest absolute Gasteiger partial charge is 0.383 e. The molecule has 0 aliphatic rings. The van der Waals surface area contributed by atoms with Crippen molar-refractivity contribution < 1.29 is 4.74 Å². The molecule has 0 aliphatic carbocycles. The molecule has 1 heterocycles. The number of imidazole rings is 1. The van der Waals surface area contributed by atoms with Crippen LogP contribution < -0.4 is 0 Å².